The SMILES string of the molecule is CCCCCCCCCCC/C=C\CCCCCCC(=O)O[C@H](COC(=O)CCCCCCCCCCCCCCCCC)COP(=O)([O-])OCC[N+](C)(C)C. The fourth-order valence-electron chi connectivity index (χ4n) is 6.59. The molecule has 0 aliphatic carbocycles. The van der Waals surface area contributed by atoms with Gasteiger partial charge in [0.2, 0.25) is 0 Å². The zero-order valence-electron chi connectivity index (χ0n) is 37.3. The van der Waals surface area contributed by atoms with Crippen LogP contribution in [0, 0.1) is 0 Å². The summed E-state index contributed by atoms with van der Waals surface area (Å²) in [6.07, 6.45) is 40.9. The third kappa shape index (κ3) is 42.4. The van der Waals surface area contributed by atoms with Crippen molar-refractivity contribution in [3.8, 4) is 0 Å². The minimum absolute atomic E-state index is 0.0297. The van der Waals surface area contributed by atoms with Gasteiger partial charge in [0.15, 0.2) is 6.10 Å². The summed E-state index contributed by atoms with van der Waals surface area (Å²) in [5.74, 6) is -0.836. The Bertz CT molecular complexity index is 969. The van der Waals surface area contributed by atoms with Gasteiger partial charge in [0.25, 0.3) is 7.82 Å². The van der Waals surface area contributed by atoms with Gasteiger partial charge < -0.3 is 27.9 Å². The second-order valence-electron chi connectivity index (χ2n) is 17.1. The molecular weight excluding hydrogens is 725 g/mol. The molecular formula is C46H90NO8P. The number of allylic oxidation sites excluding steroid dienone is 2. The molecule has 0 heterocycles. The van der Waals surface area contributed by atoms with Gasteiger partial charge in [-0.2, -0.15) is 0 Å². The van der Waals surface area contributed by atoms with Gasteiger partial charge in [0.1, 0.15) is 19.8 Å². The third-order valence-electron chi connectivity index (χ3n) is 10.3. The largest absolute Gasteiger partial charge is 0.756 e. The smallest absolute Gasteiger partial charge is 0.306 e. The van der Waals surface area contributed by atoms with E-state index in [0.29, 0.717) is 17.4 Å². The first-order chi connectivity index (χ1) is 27.0. The summed E-state index contributed by atoms with van der Waals surface area (Å²) in [4.78, 5) is 37.6. The van der Waals surface area contributed by atoms with E-state index in [0.717, 1.165) is 51.4 Å². The topological polar surface area (TPSA) is 111 Å². The average molecular weight is 816 g/mol. The first-order valence-electron chi connectivity index (χ1n) is 23.4. The average Bonchev–Trinajstić information content (AvgIpc) is 3.15. The number of phosphoric ester groups is 1. The molecule has 0 rings (SSSR count). The van der Waals surface area contributed by atoms with Crippen molar-refractivity contribution in [2.75, 3.05) is 47.5 Å². The van der Waals surface area contributed by atoms with Crippen LogP contribution in [0.1, 0.15) is 219 Å². The predicted octanol–water partition coefficient (Wildman–Crippen LogP) is 12.7. The van der Waals surface area contributed by atoms with Crippen LogP contribution < -0.4 is 4.89 Å². The van der Waals surface area contributed by atoms with Crippen molar-refractivity contribution in [2.24, 2.45) is 0 Å². The van der Waals surface area contributed by atoms with E-state index in [-0.39, 0.29) is 32.0 Å². The van der Waals surface area contributed by atoms with Gasteiger partial charge in [-0.15, -0.1) is 0 Å². The molecule has 0 amide bonds. The van der Waals surface area contributed by atoms with Crippen LogP contribution >= 0.6 is 7.82 Å². The number of quaternary nitrogens is 1. The molecule has 0 saturated carbocycles. The van der Waals surface area contributed by atoms with E-state index < -0.39 is 26.5 Å². The number of rotatable bonds is 43. The fraction of sp³-hybridized carbons (Fsp3) is 0.913. The summed E-state index contributed by atoms with van der Waals surface area (Å²) in [7, 11) is 1.17. The van der Waals surface area contributed by atoms with Crippen LogP contribution in [0.4, 0.5) is 0 Å². The Morgan fingerprint density at radius 3 is 1.32 bits per heavy atom. The monoisotopic (exact) mass is 816 g/mol. The van der Waals surface area contributed by atoms with Crippen molar-refractivity contribution in [3.05, 3.63) is 12.2 Å². The first kappa shape index (κ1) is 54.8. The molecule has 2 atom stereocenters. The van der Waals surface area contributed by atoms with Gasteiger partial charge in [0.05, 0.1) is 27.7 Å². The molecule has 10 heteroatoms. The van der Waals surface area contributed by atoms with Crippen LogP contribution in [-0.2, 0) is 32.7 Å². The van der Waals surface area contributed by atoms with Crippen LogP contribution in [-0.4, -0.2) is 70.0 Å². The van der Waals surface area contributed by atoms with Crippen LogP contribution in [0.5, 0.6) is 0 Å². The van der Waals surface area contributed by atoms with Crippen molar-refractivity contribution in [3.63, 3.8) is 0 Å². The van der Waals surface area contributed by atoms with Gasteiger partial charge in [-0.05, 0) is 38.5 Å². The quantitative estimate of drug-likeness (QED) is 0.0197. The molecule has 0 aromatic heterocycles. The van der Waals surface area contributed by atoms with Crippen molar-refractivity contribution >= 4 is 19.8 Å². The van der Waals surface area contributed by atoms with E-state index in [2.05, 4.69) is 26.0 Å². The number of hydrogen-bond acceptors (Lipinski definition) is 8. The van der Waals surface area contributed by atoms with Crippen LogP contribution in [0.15, 0.2) is 12.2 Å². The van der Waals surface area contributed by atoms with Crippen LogP contribution in [0.25, 0.3) is 0 Å². The molecule has 0 aliphatic heterocycles. The van der Waals surface area contributed by atoms with Gasteiger partial charge in [-0.3, -0.25) is 14.2 Å². The lowest BCUT2D eigenvalue weighted by Crippen LogP contribution is -2.37. The molecule has 0 aromatic rings. The fourth-order valence-corrected chi connectivity index (χ4v) is 7.32. The zero-order chi connectivity index (χ0) is 41.4. The number of hydrogen-bond donors (Lipinski definition) is 0. The molecule has 56 heavy (non-hydrogen) atoms. The lowest BCUT2D eigenvalue weighted by Gasteiger charge is -2.28. The summed E-state index contributed by atoms with van der Waals surface area (Å²) in [6.45, 7) is 4.25. The first-order valence-corrected chi connectivity index (χ1v) is 24.9. The Hall–Kier alpha value is -1.25. The summed E-state index contributed by atoms with van der Waals surface area (Å²) >= 11 is 0. The van der Waals surface area contributed by atoms with E-state index in [9.17, 15) is 19.0 Å². The Balaban J connectivity index is 4.31. The summed E-state index contributed by atoms with van der Waals surface area (Å²) < 4.78 is 33.9. The van der Waals surface area contributed by atoms with Crippen molar-refractivity contribution in [1.29, 1.82) is 0 Å². The highest BCUT2D eigenvalue weighted by atomic mass is 31.2. The molecule has 0 aliphatic rings. The van der Waals surface area contributed by atoms with E-state index >= 15 is 0 Å². The van der Waals surface area contributed by atoms with Crippen molar-refractivity contribution in [1.82, 2.24) is 0 Å². The molecule has 0 spiro atoms. The number of nitrogens with zero attached hydrogens (tertiary/aromatic N) is 1. The summed E-state index contributed by atoms with van der Waals surface area (Å²) in [5, 5.41) is 0. The standard InChI is InChI=1S/C46H90NO8P/c1-6-8-10-12-14-16-18-20-22-23-25-27-29-31-33-35-37-39-46(49)55-44(43-54-56(50,51)53-41-40-47(3,4)5)42-52-45(48)38-36-34-32-30-28-26-24-21-19-17-15-13-11-9-7-2/h25,27,44H,6-24,26,28-43H2,1-5H3/b27-25-/t44-/m1/s1. The van der Waals surface area contributed by atoms with E-state index in [1.807, 2.05) is 21.1 Å². The summed E-state index contributed by atoms with van der Waals surface area (Å²) in [6, 6.07) is 0. The molecule has 332 valence electrons. The molecule has 0 radical (unpaired) electrons. The highest BCUT2D eigenvalue weighted by Crippen LogP contribution is 2.38. The molecule has 0 saturated heterocycles. The molecule has 0 aromatic carbocycles. The van der Waals surface area contributed by atoms with Gasteiger partial charge in [0, 0.05) is 12.8 Å². The van der Waals surface area contributed by atoms with E-state index in [4.69, 9.17) is 18.5 Å². The summed E-state index contributed by atoms with van der Waals surface area (Å²) in [5.41, 5.74) is 0. The maximum Gasteiger partial charge on any atom is 0.306 e. The van der Waals surface area contributed by atoms with Gasteiger partial charge in [-0.25, -0.2) is 0 Å². The molecule has 0 fully saturated rings. The number of likely N-dealkylation sites (N-methyl/N-ethyl adjacent to an activating group) is 1. The lowest BCUT2D eigenvalue weighted by atomic mass is 10.0. The minimum Gasteiger partial charge on any atom is -0.756 e. The lowest BCUT2D eigenvalue weighted by molar-refractivity contribution is -0.870. The molecule has 0 N–H and O–H groups in total. The number of phosphoric acid groups is 1. The number of carbonyl (C=O) groups is 2. The minimum atomic E-state index is -4.62. The van der Waals surface area contributed by atoms with Gasteiger partial charge >= 0.3 is 11.9 Å². The maximum atomic E-state index is 12.7. The van der Waals surface area contributed by atoms with E-state index in [1.54, 1.807) is 0 Å². The molecule has 9 nitrogen and oxygen atoms in total. The zero-order valence-corrected chi connectivity index (χ0v) is 38.2. The Labute approximate surface area is 346 Å². The molecule has 1 unspecified atom stereocenters. The second-order valence-corrected chi connectivity index (χ2v) is 18.5. The Kier molecular flexibility index (Phi) is 38.3. The normalized spacial score (nSPS) is 13.6. The number of unbranched alkanes of at least 4 members (excludes halogenated alkanes) is 27. The Morgan fingerprint density at radius 1 is 0.536 bits per heavy atom. The van der Waals surface area contributed by atoms with E-state index in [1.165, 1.54) is 135 Å². The van der Waals surface area contributed by atoms with Crippen LogP contribution in [0.3, 0.4) is 0 Å². The predicted molar refractivity (Wildman–Crippen MR) is 231 cm³/mol. The van der Waals surface area contributed by atoms with Crippen LogP contribution in [0.2, 0.25) is 0 Å². The number of carbonyl (C=O) groups excluding carboxylic acids is 2. The van der Waals surface area contributed by atoms with Crippen molar-refractivity contribution in [2.45, 2.75) is 225 Å². The third-order valence-corrected chi connectivity index (χ3v) is 11.2. The van der Waals surface area contributed by atoms with Gasteiger partial charge in [-0.1, -0.05) is 180 Å². The second kappa shape index (κ2) is 39.2. The number of ether oxygens (including phenoxy) is 2. The van der Waals surface area contributed by atoms with Crippen molar-refractivity contribution < 1.29 is 42.1 Å². The Morgan fingerprint density at radius 2 is 0.911 bits per heavy atom. The highest BCUT2D eigenvalue weighted by molar-refractivity contribution is 7.45. The number of esters is 2. The highest BCUT2D eigenvalue weighted by Gasteiger charge is 2.21. The maximum absolute atomic E-state index is 12.7. The molecule has 0 bridgehead atoms.